The summed E-state index contributed by atoms with van der Waals surface area (Å²) in [6.45, 7) is 2.59. The summed E-state index contributed by atoms with van der Waals surface area (Å²) in [5.74, 6) is 0.219. The van der Waals surface area contributed by atoms with Crippen LogP contribution in [0.15, 0.2) is 24.3 Å². The fourth-order valence-corrected chi connectivity index (χ4v) is 4.11. The molecule has 4 nitrogen and oxygen atoms in total. The first-order valence-electron chi connectivity index (χ1n) is 8.60. The van der Waals surface area contributed by atoms with Crippen molar-refractivity contribution < 1.29 is 9.53 Å². The molecule has 3 aliphatic rings. The Hall–Kier alpha value is -1.10. The van der Waals surface area contributed by atoms with Crippen molar-refractivity contribution in [3.8, 4) is 0 Å². The lowest BCUT2D eigenvalue weighted by Gasteiger charge is -2.33. The van der Waals surface area contributed by atoms with Crippen LogP contribution in [0.1, 0.15) is 31.2 Å². The fourth-order valence-electron chi connectivity index (χ4n) is 3.90. The van der Waals surface area contributed by atoms with Gasteiger partial charge in [-0.1, -0.05) is 23.7 Å². The number of nitrogens with one attached hydrogen (secondary N) is 1. The Balaban J connectivity index is 1.37. The fraction of sp³-hybridized carbons (Fsp3) is 0.611. The lowest BCUT2D eigenvalue weighted by molar-refractivity contribution is -0.129. The number of ether oxygens (including phenoxy) is 1. The number of halogens is 1. The molecule has 1 aliphatic carbocycles. The zero-order valence-corrected chi connectivity index (χ0v) is 14.0. The second-order valence-electron chi connectivity index (χ2n) is 7.10. The summed E-state index contributed by atoms with van der Waals surface area (Å²) in [6, 6.07) is 8.41. The molecule has 3 atom stereocenters. The maximum absolute atomic E-state index is 12.5. The molecule has 0 radical (unpaired) electrons. The predicted octanol–water partition coefficient (Wildman–Crippen LogP) is 2.60. The number of likely N-dealkylation sites (tertiary alicyclic amines) is 1. The van der Waals surface area contributed by atoms with Crippen LogP contribution < -0.4 is 5.32 Å². The van der Waals surface area contributed by atoms with Crippen LogP contribution in [0, 0.1) is 5.92 Å². The minimum atomic E-state index is 0.0185. The van der Waals surface area contributed by atoms with Crippen LogP contribution in [-0.2, 0) is 16.1 Å². The summed E-state index contributed by atoms with van der Waals surface area (Å²) < 4.78 is 6.03. The summed E-state index contributed by atoms with van der Waals surface area (Å²) in [5, 5.41) is 3.96. The highest BCUT2D eigenvalue weighted by Gasteiger charge is 2.45. The average Bonchev–Trinajstić information content (AvgIpc) is 2.78. The van der Waals surface area contributed by atoms with Gasteiger partial charge in [0.15, 0.2) is 0 Å². The standard InChI is InChI=1S/C18H23ClN2O2/c19-13-4-1-3-12(7-13)9-21-10-15-8-16(17(11-21)23-15)18(22)20-14-5-2-6-14/h1,3-4,7,14-17H,2,5-6,8-11H2,(H,20,22)/t15-,16+,17-/m0/s1. The van der Waals surface area contributed by atoms with E-state index in [1.54, 1.807) is 0 Å². The molecule has 1 aromatic rings. The van der Waals surface area contributed by atoms with Crippen LogP contribution in [0.25, 0.3) is 0 Å². The summed E-state index contributed by atoms with van der Waals surface area (Å²) in [4.78, 5) is 14.9. The van der Waals surface area contributed by atoms with E-state index in [0.29, 0.717) is 6.04 Å². The monoisotopic (exact) mass is 334 g/mol. The third-order valence-corrected chi connectivity index (χ3v) is 5.55. The molecule has 2 bridgehead atoms. The molecule has 2 aliphatic heterocycles. The number of morpholine rings is 1. The van der Waals surface area contributed by atoms with E-state index in [4.69, 9.17) is 16.3 Å². The largest absolute Gasteiger partial charge is 0.371 e. The van der Waals surface area contributed by atoms with Crippen LogP contribution in [0.4, 0.5) is 0 Å². The molecule has 124 valence electrons. The van der Waals surface area contributed by atoms with Gasteiger partial charge in [0.2, 0.25) is 5.91 Å². The van der Waals surface area contributed by atoms with Gasteiger partial charge in [-0.15, -0.1) is 0 Å². The van der Waals surface area contributed by atoms with E-state index in [2.05, 4.69) is 16.3 Å². The number of fused-ring (bicyclic) bond motifs is 2. The highest BCUT2D eigenvalue weighted by molar-refractivity contribution is 6.30. The molecule has 23 heavy (non-hydrogen) atoms. The van der Waals surface area contributed by atoms with Crippen LogP contribution in [0.3, 0.4) is 0 Å². The number of benzene rings is 1. The molecular formula is C18H23ClN2O2. The molecule has 0 unspecified atom stereocenters. The lowest BCUT2D eigenvalue weighted by Crippen LogP contribution is -2.47. The molecule has 1 saturated carbocycles. The lowest BCUT2D eigenvalue weighted by atomic mass is 9.91. The molecule has 3 fully saturated rings. The molecule has 0 spiro atoms. The number of hydrogen-bond acceptors (Lipinski definition) is 3. The quantitative estimate of drug-likeness (QED) is 0.920. The van der Waals surface area contributed by atoms with E-state index in [9.17, 15) is 4.79 Å². The van der Waals surface area contributed by atoms with Gasteiger partial charge in [-0.2, -0.15) is 0 Å². The second-order valence-corrected chi connectivity index (χ2v) is 7.54. The van der Waals surface area contributed by atoms with Crippen molar-refractivity contribution in [1.82, 2.24) is 10.2 Å². The highest BCUT2D eigenvalue weighted by Crippen LogP contribution is 2.33. The predicted molar refractivity (Wildman–Crippen MR) is 89.3 cm³/mol. The van der Waals surface area contributed by atoms with E-state index in [1.807, 2.05) is 18.2 Å². The van der Waals surface area contributed by atoms with Crippen LogP contribution >= 0.6 is 11.6 Å². The number of amides is 1. The zero-order chi connectivity index (χ0) is 15.8. The van der Waals surface area contributed by atoms with E-state index in [-0.39, 0.29) is 24.0 Å². The van der Waals surface area contributed by atoms with Gasteiger partial charge in [-0.3, -0.25) is 9.69 Å². The van der Waals surface area contributed by atoms with Crippen molar-refractivity contribution in [2.75, 3.05) is 13.1 Å². The Bertz CT molecular complexity index is 590. The SMILES string of the molecule is O=C(NC1CCC1)[C@@H]1C[C@H]2CN(Cc3cccc(Cl)c3)C[C@@H]1O2. The summed E-state index contributed by atoms with van der Waals surface area (Å²) in [7, 11) is 0. The Morgan fingerprint density at radius 2 is 2.22 bits per heavy atom. The van der Waals surface area contributed by atoms with Crippen LogP contribution in [0.5, 0.6) is 0 Å². The average molecular weight is 335 g/mol. The number of nitrogens with zero attached hydrogens (tertiary/aromatic N) is 1. The topological polar surface area (TPSA) is 41.6 Å². The van der Waals surface area contributed by atoms with Gasteiger partial charge >= 0.3 is 0 Å². The Morgan fingerprint density at radius 1 is 1.35 bits per heavy atom. The summed E-state index contributed by atoms with van der Waals surface area (Å²) in [5.41, 5.74) is 1.22. The van der Waals surface area contributed by atoms with E-state index < -0.39 is 0 Å². The highest BCUT2D eigenvalue weighted by atomic mass is 35.5. The second kappa shape index (κ2) is 6.42. The number of hydrogen-bond donors (Lipinski definition) is 1. The zero-order valence-electron chi connectivity index (χ0n) is 13.2. The van der Waals surface area contributed by atoms with Crippen LogP contribution in [0.2, 0.25) is 5.02 Å². The smallest absolute Gasteiger partial charge is 0.226 e. The molecule has 0 aromatic heterocycles. The van der Waals surface area contributed by atoms with Crippen molar-refractivity contribution in [2.45, 2.75) is 50.5 Å². The molecule has 2 heterocycles. The number of rotatable bonds is 4. The molecular weight excluding hydrogens is 312 g/mol. The van der Waals surface area contributed by atoms with Crippen LogP contribution in [-0.4, -0.2) is 42.1 Å². The van der Waals surface area contributed by atoms with Crippen molar-refractivity contribution in [2.24, 2.45) is 5.92 Å². The molecule has 1 aromatic carbocycles. The minimum Gasteiger partial charge on any atom is -0.371 e. The number of carbonyl (C=O) groups excluding carboxylic acids is 1. The summed E-state index contributed by atoms with van der Waals surface area (Å²) in [6.07, 6.45) is 4.58. The van der Waals surface area contributed by atoms with Crippen molar-refractivity contribution in [3.63, 3.8) is 0 Å². The molecule has 1 N–H and O–H groups in total. The maximum Gasteiger partial charge on any atom is 0.226 e. The van der Waals surface area contributed by atoms with E-state index in [1.165, 1.54) is 12.0 Å². The van der Waals surface area contributed by atoms with Gasteiger partial charge in [0, 0.05) is 30.7 Å². The van der Waals surface area contributed by atoms with Crippen molar-refractivity contribution in [3.05, 3.63) is 34.9 Å². The summed E-state index contributed by atoms with van der Waals surface area (Å²) >= 11 is 6.07. The third-order valence-electron chi connectivity index (χ3n) is 5.32. The molecule has 1 amide bonds. The van der Waals surface area contributed by atoms with Gasteiger partial charge in [0.25, 0.3) is 0 Å². The first kappa shape index (κ1) is 15.4. The van der Waals surface area contributed by atoms with Gasteiger partial charge in [-0.25, -0.2) is 0 Å². The first-order chi connectivity index (χ1) is 11.2. The maximum atomic E-state index is 12.5. The van der Waals surface area contributed by atoms with E-state index in [0.717, 1.165) is 43.9 Å². The number of carbonyl (C=O) groups is 1. The Labute approximate surface area is 142 Å². The Morgan fingerprint density at radius 3 is 2.96 bits per heavy atom. The first-order valence-corrected chi connectivity index (χ1v) is 8.98. The Kier molecular flexibility index (Phi) is 4.31. The van der Waals surface area contributed by atoms with E-state index >= 15 is 0 Å². The van der Waals surface area contributed by atoms with Crippen molar-refractivity contribution in [1.29, 1.82) is 0 Å². The van der Waals surface area contributed by atoms with Gasteiger partial charge in [0.1, 0.15) is 0 Å². The normalized spacial score (nSPS) is 30.9. The minimum absolute atomic E-state index is 0.0185. The van der Waals surface area contributed by atoms with Gasteiger partial charge in [-0.05, 0) is 43.4 Å². The third kappa shape index (κ3) is 3.39. The molecule has 2 saturated heterocycles. The van der Waals surface area contributed by atoms with Gasteiger partial charge in [0.05, 0.1) is 18.1 Å². The molecule has 4 rings (SSSR count). The van der Waals surface area contributed by atoms with Crippen molar-refractivity contribution >= 4 is 17.5 Å². The van der Waals surface area contributed by atoms with Gasteiger partial charge < -0.3 is 10.1 Å². The molecule has 5 heteroatoms.